The van der Waals surface area contributed by atoms with Crippen LogP contribution >= 0.6 is 0 Å². The van der Waals surface area contributed by atoms with E-state index in [2.05, 4.69) is 26.7 Å². The monoisotopic (exact) mass is 298 g/mol. The molecule has 0 aliphatic heterocycles. The summed E-state index contributed by atoms with van der Waals surface area (Å²) in [5, 5.41) is 6.02. The molecule has 0 radical (unpaired) electrons. The summed E-state index contributed by atoms with van der Waals surface area (Å²) in [5.74, 6) is 0.643. The number of nitrogens with one attached hydrogen (secondary N) is 2. The molecular formula is C17H22N4O. The normalized spacial score (nSPS) is 10.6. The molecule has 1 heterocycles. The smallest absolute Gasteiger partial charge is 0.270 e. The van der Waals surface area contributed by atoms with Crippen LogP contribution in [0.2, 0.25) is 0 Å². The summed E-state index contributed by atoms with van der Waals surface area (Å²) in [7, 11) is 0. The fraction of sp³-hybridized carbons (Fsp3) is 0.353. The maximum atomic E-state index is 12.0. The van der Waals surface area contributed by atoms with E-state index in [1.54, 1.807) is 12.3 Å². The third kappa shape index (κ3) is 4.28. The highest BCUT2D eigenvalue weighted by Crippen LogP contribution is 2.19. The van der Waals surface area contributed by atoms with Crippen LogP contribution in [-0.2, 0) is 0 Å². The third-order valence-corrected chi connectivity index (χ3v) is 3.20. The summed E-state index contributed by atoms with van der Waals surface area (Å²) in [6, 6.07) is 7.74. The van der Waals surface area contributed by atoms with Crippen molar-refractivity contribution in [3.8, 4) is 0 Å². The Morgan fingerprint density at radius 2 is 2.00 bits per heavy atom. The van der Waals surface area contributed by atoms with Crippen molar-refractivity contribution in [2.45, 2.75) is 27.7 Å². The van der Waals surface area contributed by atoms with Crippen LogP contribution in [-0.4, -0.2) is 22.4 Å². The van der Waals surface area contributed by atoms with Crippen LogP contribution in [0.3, 0.4) is 0 Å². The molecule has 0 aliphatic carbocycles. The molecule has 0 bridgehead atoms. The van der Waals surface area contributed by atoms with Gasteiger partial charge in [0, 0.05) is 18.4 Å². The highest BCUT2D eigenvalue weighted by molar-refractivity contribution is 5.92. The molecule has 5 nitrogen and oxygen atoms in total. The van der Waals surface area contributed by atoms with Crippen molar-refractivity contribution in [2.75, 3.05) is 11.9 Å². The standard InChI is InChI=1S/C17H22N4O/c1-11(2)10-19-16(22)14-7-8-18-17(20-14)21-15-9-12(3)5-6-13(15)4/h5-9,11H,10H2,1-4H3,(H,19,22)(H,18,20,21). The van der Waals surface area contributed by atoms with Crippen LogP contribution in [0.15, 0.2) is 30.5 Å². The van der Waals surface area contributed by atoms with E-state index in [0.717, 1.165) is 16.8 Å². The largest absolute Gasteiger partial charge is 0.350 e. The molecule has 2 N–H and O–H groups in total. The Labute approximate surface area is 131 Å². The van der Waals surface area contributed by atoms with Crippen molar-refractivity contribution in [3.63, 3.8) is 0 Å². The predicted octanol–water partition coefficient (Wildman–Crippen LogP) is 3.22. The molecule has 1 aromatic heterocycles. The zero-order valence-corrected chi connectivity index (χ0v) is 13.5. The topological polar surface area (TPSA) is 66.9 Å². The van der Waals surface area contributed by atoms with Crippen molar-refractivity contribution >= 4 is 17.5 Å². The first-order valence-electron chi connectivity index (χ1n) is 7.41. The second-order valence-electron chi connectivity index (χ2n) is 5.81. The van der Waals surface area contributed by atoms with E-state index >= 15 is 0 Å². The quantitative estimate of drug-likeness (QED) is 0.889. The van der Waals surface area contributed by atoms with E-state index in [-0.39, 0.29) is 5.91 Å². The number of rotatable bonds is 5. The van der Waals surface area contributed by atoms with Gasteiger partial charge in [-0.3, -0.25) is 4.79 Å². The summed E-state index contributed by atoms with van der Waals surface area (Å²) in [6.07, 6.45) is 1.59. The number of hydrogen-bond acceptors (Lipinski definition) is 4. The van der Waals surface area contributed by atoms with Crippen molar-refractivity contribution in [3.05, 3.63) is 47.3 Å². The molecule has 0 aliphatic rings. The van der Waals surface area contributed by atoms with E-state index in [1.165, 1.54) is 0 Å². The molecule has 0 atom stereocenters. The van der Waals surface area contributed by atoms with Crippen LogP contribution < -0.4 is 10.6 Å². The summed E-state index contributed by atoms with van der Waals surface area (Å²) < 4.78 is 0. The molecular weight excluding hydrogens is 276 g/mol. The zero-order valence-electron chi connectivity index (χ0n) is 13.5. The number of amides is 1. The second kappa shape index (κ2) is 7.02. The minimum Gasteiger partial charge on any atom is -0.350 e. The maximum Gasteiger partial charge on any atom is 0.270 e. The van der Waals surface area contributed by atoms with Crippen molar-refractivity contribution in [1.29, 1.82) is 0 Å². The SMILES string of the molecule is Cc1ccc(C)c(Nc2nccc(C(=O)NCC(C)C)n2)c1. The first-order valence-corrected chi connectivity index (χ1v) is 7.41. The first-order chi connectivity index (χ1) is 10.5. The number of hydrogen-bond donors (Lipinski definition) is 2. The molecule has 0 saturated carbocycles. The Balaban J connectivity index is 2.14. The van der Waals surface area contributed by atoms with E-state index < -0.39 is 0 Å². The van der Waals surface area contributed by atoms with E-state index in [0.29, 0.717) is 24.1 Å². The number of nitrogens with zero attached hydrogens (tertiary/aromatic N) is 2. The summed E-state index contributed by atoms with van der Waals surface area (Å²) in [4.78, 5) is 20.5. The zero-order chi connectivity index (χ0) is 16.1. The maximum absolute atomic E-state index is 12.0. The summed E-state index contributed by atoms with van der Waals surface area (Å²) in [6.45, 7) is 8.77. The summed E-state index contributed by atoms with van der Waals surface area (Å²) >= 11 is 0. The number of carbonyl (C=O) groups is 1. The van der Waals surface area contributed by atoms with E-state index in [1.807, 2.05) is 39.8 Å². The lowest BCUT2D eigenvalue weighted by Gasteiger charge is -2.10. The van der Waals surface area contributed by atoms with Gasteiger partial charge in [0.15, 0.2) is 0 Å². The molecule has 0 spiro atoms. The van der Waals surface area contributed by atoms with Gasteiger partial charge in [0.05, 0.1) is 0 Å². The molecule has 1 aromatic carbocycles. The molecule has 2 rings (SSSR count). The van der Waals surface area contributed by atoms with Gasteiger partial charge in [-0.2, -0.15) is 0 Å². The van der Waals surface area contributed by atoms with Gasteiger partial charge in [0.2, 0.25) is 5.95 Å². The highest BCUT2D eigenvalue weighted by atomic mass is 16.1. The Kier molecular flexibility index (Phi) is 5.09. The van der Waals surface area contributed by atoms with Crippen molar-refractivity contribution in [1.82, 2.24) is 15.3 Å². The predicted molar refractivity (Wildman–Crippen MR) is 88.4 cm³/mol. The lowest BCUT2D eigenvalue weighted by molar-refractivity contribution is 0.0944. The molecule has 22 heavy (non-hydrogen) atoms. The fourth-order valence-electron chi connectivity index (χ4n) is 1.92. The van der Waals surface area contributed by atoms with E-state index in [4.69, 9.17) is 0 Å². The molecule has 2 aromatic rings. The molecule has 1 amide bonds. The van der Waals surface area contributed by atoms with Crippen LogP contribution in [0.1, 0.15) is 35.5 Å². The minimum atomic E-state index is -0.180. The Morgan fingerprint density at radius 1 is 1.23 bits per heavy atom. The average molecular weight is 298 g/mol. The van der Waals surface area contributed by atoms with Crippen LogP contribution in [0.25, 0.3) is 0 Å². The van der Waals surface area contributed by atoms with Gasteiger partial charge in [-0.1, -0.05) is 26.0 Å². The van der Waals surface area contributed by atoms with Crippen LogP contribution in [0.4, 0.5) is 11.6 Å². The van der Waals surface area contributed by atoms with Crippen LogP contribution in [0, 0.1) is 19.8 Å². The van der Waals surface area contributed by atoms with Crippen LogP contribution in [0.5, 0.6) is 0 Å². The van der Waals surface area contributed by atoms with Gasteiger partial charge in [-0.15, -0.1) is 0 Å². The lowest BCUT2D eigenvalue weighted by atomic mass is 10.1. The third-order valence-electron chi connectivity index (χ3n) is 3.20. The Bertz CT molecular complexity index is 667. The van der Waals surface area contributed by atoms with Gasteiger partial charge in [0.1, 0.15) is 5.69 Å². The number of aromatic nitrogens is 2. The fourth-order valence-corrected chi connectivity index (χ4v) is 1.92. The average Bonchev–Trinajstić information content (AvgIpc) is 2.49. The Hall–Kier alpha value is -2.43. The molecule has 5 heteroatoms. The van der Waals surface area contributed by atoms with Crippen molar-refractivity contribution in [2.24, 2.45) is 5.92 Å². The van der Waals surface area contributed by atoms with Gasteiger partial charge >= 0.3 is 0 Å². The molecule has 0 fully saturated rings. The lowest BCUT2D eigenvalue weighted by Crippen LogP contribution is -2.28. The molecule has 116 valence electrons. The van der Waals surface area contributed by atoms with Gasteiger partial charge in [-0.05, 0) is 43.0 Å². The Morgan fingerprint density at radius 3 is 2.73 bits per heavy atom. The minimum absolute atomic E-state index is 0.180. The first kappa shape index (κ1) is 15.9. The number of anilines is 2. The highest BCUT2D eigenvalue weighted by Gasteiger charge is 2.09. The number of carbonyl (C=O) groups excluding carboxylic acids is 1. The molecule has 0 unspecified atom stereocenters. The summed E-state index contributed by atoms with van der Waals surface area (Å²) in [5.41, 5.74) is 3.56. The van der Waals surface area contributed by atoms with Crippen molar-refractivity contribution < 1.29 is 4.79 Å². The van der Waals surface area contributed by atoms with Gasteiger partial charge in [0.25, 0.3) is 5.91 Å². The molecule has 0 saturated heterocycles. The van der Waals surface area contributed by atoms with Gasteiger partial charge in [-0.25, -0.2) is 9.97 Å². The number of aryl methyl sites for hydroxylation is 2. The second-order valence-corrected chi connectivity index (χ2v) is 5.81. The van der Waals surface area contributed by atoms with E-state index in [9.17, 15) is 4.79 Å². The van der Waals surface area contributed by atoms with Gasteiger partial charge < -0.3 is 10.6 Å². The number of benzene rings is 1.